The van der Waals surface area contributed by atoms with E-state index in [1.54, 1.807) is 6.20 Å². The van der Waals surface area contributed by atoms with Gasteiger partial charge in [0.05, 0.1) is 11.4 Å². The Morgan fingerprint density at radius 1 is 1.04 bits per heavy atom. The zero-order chi connectivity index (χ0) is 17.8. The standard InChI is InChI=1S/C22H24N4/c1-17-5-4-6-20(13-17)26-12-10-19(16-26)24-14-18-8-9-22(25-15-18)21-7-2-3-11-23-21/h2-9,11,13,15,19,24H,10,12,14,16H2,1H3. The number of rotatable bonds is 5. The number of anilines is 1. The number of hydrogen-bond donors (Lipinski definition) is 1. The van der Waals surface area contributed by atoms with Crippen LogP contribution >= 0.6 is 0 Å². The first-order valence-corrected chi connectivity index (χ1v) is 9.19. The highest BCUT2D eigenvalue weighted by atomic mass is 15.2. The van der Waals surface area contributed by atoms with Crippen LogP contribution in [0.1, 0.15) is 17.5 Å². The molecule has 3 aromatic rings. The molecule has 1 saturated heterocycles. The van der Waals surface area contributed by atoms with Crippen molar-refractivity contribution < 1.29 is 0 Å². The first-order valence-electron chi connectivity index (χ1n) is 9.19. The SMILES string of the molecule is Cc1cccc(N2CCC(NCc3ccc(-c4ccccn4)nc3)C2)c1. The molecule has 26 heavy (non-hydrogen) atoms. The van der Waals surface area contributed by atoms with Gasteiger partial charge in [-0.15, -0.1) is 0 Å². The summed E-state index contributed by atoms with van der Waals surface area (Å²) in [6.45, 7) is 5.17. The third-order valence-electron chi connectivity index (χ3n) is 4.90. The summed E-state index contributed by atoms with van der Waals surface area (Å²) in [5.74, 6) is 0. The molecule has 0 radical (unpaired) electrons. The van der Waals surface area contributed by atoms with Gasteiger partial charge in [0.2, 0.25) is 0 Å². The van der Waals surface area contributed by atoms with Crippen molar-refractivity contribution in [2.45, 2.75) is 25.9 Å². The third-order valence-corrected chi connectivity index (χ3v) is 4.90. The summed E-state index contributed by atoms with van der Waals surface area (Å²) < 4.78 is 0. The lowest BCUT2D eigenvalue weighted by atomic mass is 10.2. The summed E-state index contributed by atoms with van der Waals surface area (Å²) in [6.07, 6.45) is 4.92. The van der Waals surface area contributed by atoms with Gasteiger partial charge in [0.15, 0.2) is 0 Å². The van der Waals surface area contributed by atoms with E-state index < -0.39 is 0 Å². The first-order chi connectivity index (χ1) is 12.8. The normalized spacial score (nSPS) is 16.8. The maximum atomic E-state index is 4.55. The van der Waals surface area contributed by atoms with Gasteiger partial charge in [-0.3, -0.25) is 9.97 Å². The van der Waals surface area contributed by atoms with E-state index in [-0.39, 0.29) is 0 Å². The van der Waals surface area contributed by atoms with Crippen LogP contribution in [0.15, 0.2) is 67.0 Å². The van der Waals surface area contributed by atoms with Crippen molar-refractivity contribution in [3.8, 4) is 11.4 Å². The van der Waals surface area contributed by atoms with Gasteiger partial charge in [-0.2, -0.15) is 0 Å². The summed E-state index contributed by atoms with van der Waals surface area (Å²) in [5, 5.41) is 3.67. The van der Waals surface area contributed by atoms with Crippen LogP contribution < -0.4 is 10.2 Å². The van der Waals surface area contributed by atoms with E-state index in [1.807, 2.05) is 30.5 Å². The molecule has 1 aliphatic heterocycles. The largest absolute Gasteiger partial charge is 0.370 e. The second-order valence-electron chi connectivity index (χ2n) is 6.92. The number of benzene rings is 1. The third kappa shape index (κ3) is 3.92. The Hall–Kier alpha value is -2.72. The van der Waals surface area contributed by atoms with E-state index in [0.29, 0.717) is 6.04 Å². The van der Waals surface area contributed by atoms with Gasteiger partial charge in [-0.25, -0.2) is 0 Å². The Labute approximate surface area is 154 Å². The Balaban J connectivity index is 1.32. The molecular weight excluding hydrogens is 320 g/mol. The molecule has 3 heterocycles. The van der Waals surface area contributed by atoms with Crippen LogP contribution in [-0.2, 0) is 6.54 Å². The molecule has 0 aliphatic carbocycles. The highest BCUT2D eigenvalue weighted by Gasteiger charge is 2.22. The van der Waals surface area contributed by atoms with Crippen molar-refractivity contribution in [2.75, 3.05) is 18.0 Å². The minimum Gasteiger partial charge on any atom is -0.370 e. The molecule has 0 saturated carbocycles. The molecule has 1 aromatic carbocycles. The second kappa shape index (κ2) is 7.67. The molecule has 1 N–H and O–H groups in total. The Morgan fingerprint density at radius 2 is 1.96 bits per heavy atom. The molecular formula is C22H24N4. The minimum atomic E-state index is 0.519. The average Bonchev–Trinajstić information content (AvgIpc) is 3.17. The Bertz CT molecular complexity index is 846. The summed E-state index contributed by atoms with van der Waals surface area (Å²) >= 11 is 0. The lowest BCUT2D eigenvalue weighted by Gasteiger charge is -2.19. The molecule has 132 valence electrons. The van der Waals surface area contributed by atoms with E-state index >= 15 is 0 Å². The van der Waals surface area contributed by atoms with Crippen LogP contribution in [0.5, 0.6) is 0 Å². The van der Waals surface area contributed by atoms with Crippen molar-refractivity contribution in [3.63, 3.8) is 0 Å². The molecule has 1 fully saturated rings. The molecule has 4 rings (SSSR count). The van der Waals surface area contributed by atoms with E-state index in [0.717, 1.165) is 31.0 Å². The maximum Gasteiger partial charge on any atom is 0.0886 e. The van der Waals surface area contributed by atoms with Crippen LogP contribution in [0.4, 0.5) is 5.69 Å². The minimum absolute atomic E-state index is 0.519. The van der Waals surface area contributed by atoms with Crippen molar-refractivity contribution in [2.24, 2.45) is 0 Å². The highest BCUT2D eigenvalue weighted by Crippen LogP contribution is 2.21. The number of hydrogen-bond acceptors (Lipinski definition) is 4. The topological polar surface area (TPSA) is 41.0 Å². The zero-order valence-corrected chi connectivity index (χ0v) is 15.1. The van der Waals surface area contributed by atoms with Gasteiger partial charge >= 0.3 is 0 Å². The fraction of sp³-hybridized carbons (Fsp3) is 0.273. The summed E-state index contributed by atoms with van der Waals surface area (Å²) in [6, 6.07) is 19.4. The molecule has 0 bridgehead atoms. The fourth-order valence-corrected chi connectivity index (χ4v) is 3.44. The summed E-state index contributed by atoms with van der Waals surface area (Å²) in [7, 11) is 0. The van der Waals surface area contributed by atoms with E-state index in [4.69, 9.17) is 0 Å². The quantitative estimate of drug-likeness (QED) is 0.764. The number of nitrogens with zero attached hydrogens (tertiary/aromatic N) is 3. The maximum absolute atomic E-state index is 4.55. The number of aromatic nitrogens is 2. The van der Waals surface area contributed by atoms with Crippen molar-refractivity contribution >= 4 is 5.69 Å². The van der Waals surface area contributed by atoms with Gasteiger partial charge in [-0.05, 0) is 54.8 Å². The summed E-state index contributed by atoms with van der Waals surface area (Å²) in [5.41, 5.74) is 5.68. The van der Waals surface area contributed by atoms with Gasteiger partial charge < -0.3 is 10.2 Å². The summed E-state index contributed by atoms with van der Waals surface area (Å²) in [4.78, 5) is 11.4. The monoisotopic (exact) mass is 344 g/mol. The van der Waals surface area contributed by atoms with Crippen molar-refractivity contribution in [1.29, 1.82) is 0 Å². The average molecular weight is 344 g/mol. The molecule has 1 atom stereocenters. The van der Waals surface area contributed by atoms with Crippen molar-refractivity contribution in [3.05, 3.63) is 78.1 Å². The van der Waals surface area contributed by atoms with Crippen LogP contribution in [0, 0.1) is 6.92 Å². The second-order valence-corrected chi connectivity index (χ2v) is 6.92. The lowest BCUT2D eigenvalue weighted by Crippen LogP contribution is -2.32. The predicted octanol–water partition coefficient (Wildman–Crippen LogP) is 3.82. The molecule has 1 unspecified atom stereocenters. The number of nitrogens with one attached hydrogen (secondary N) is 1. The molecule has 0 spiro atoms. The smallest absolute Gasteiger partial charge is 0.0886 e. The number of pyridine rings is 2. The molecule has 2 aromatic heterocycles. The fourth-order valence-electron chi connectivity index (χ4n) is 3.44. The Kier molecular flexibility index (Phi) is 4.93. The van der Waals surface area contributed by atoms with E-state index in [9.17, 15) is 0 Å². The first kappa shape index (κ1) is 16.7. The van der Waals surface area contributed by atoms with Gasteiger partial charge in [0, 0.05) is 43.8 Å². The van der Waals surface area contributed by atoms with Gasteiger partial charge in [0.25, 0.3) is 0 Å². The van der Waals surface area contributed by atoms with Crippen molar-refractivity contribution in [1.82, 2.24) is 15.3 Å². The predicted molar refractivity (Wildman–Crippen MR) is 106 cm³/mol. The highest BCUT2D eigenvalue weighted by molar-refractivity contribution is 5.53. The molecule has 1 aliphatic rings. The zero-order valence-electron chi connectivity index (χ0n) is 15.1. The Morgan fingerprint density at radius 3 is 2.73 bits per heavy atom. The van der Waals surface area contributed by atoms with E-state index in [1.165, 1.54) is 23.2 Å². The van der Waals surface area contributed by atoms with Gasteiger partial charge in [-0.1, -0.05) is 24.3 Å². The van der Waals surface area contributed by atoms with Crippen LogP contribution in [0.3, 0.4) is 0 Å². The molecule has 4 heteroatoms. The van der Waals surface area contributed by atoms with E-state index in [2.05, 4.69) is 57.4 Å². The number of aryl methyl sites for hydroxylation is 1. The lowest BCUT2D eigenvalue weighted by molar-refractivity contribution is 0.551. The molecule has 0 amide bonds. The van der Waals surface area contributed by atoms with Crippen LogP contribution in [0.25, 0.3) is 11.4 Å². The van der Waals surface area contributed by atoms with Crippen LogP contribution in [0.2, 0.25) is 0 Å². The van der Waals surface area contributed by atoms with Crippen LogP contribution in [-0.4, -0.2) is 29.1 Å². The van der Waals surface area contributed by atoms with Gasteiger partial charge in [0.1, 0.15) is 0 Å². The molecule has 4 nitrogen and oxygen atoms in total.